The molecule has 1 unspecified atom stereocenters. The summed E-state index contributed by atoms with van der Waals surface area (Å²) in [5, 5.41) is 2.57. The van der Waals surface area contributed by atoms with Gasteiger partial charge in [0, 0.05) is 12.1 Å². The third-order valence-electron chi connectivity index (χ3n) is 4.25. The number of amides is 1. The lowest BCUT2D eigenvalue weighted by molar-refractivity contribution is -0.137. The molecule has 0 saturated carbocycles. The fourth-order valence-electron chi connectivity index (χ4n) is 2.64. The van der Waals surface area contributed by atoms with E-state index in [0.29, 0.717) is 11.1 Å². The maximum Gasteiger partial charge on any atom is 0.416 e. The molecule has 11 heteroatoms. The largest absolute Gasteiger partial charge is 0.496 e. The zero-order valence-corrected chi connectivity index (χ0v) is 17.1. The summed E-state index contributed by atoms with van der Waals surface area (Å²) in [4.78, 5) is 12.4. The third kappa shape index (κ3) is 6.09. The summed E-state index contributed by atoms with van der Waals surface area (Å²) >= 11 is 0. The van der Waals surface area contributed by atoms with Crippen molar-refractivity contribution in [2.24, 2.45) is 0 Å². The van der Waals surface area contributed by atoms with Crippen LogP contribution in [0.4, 0.5) is 23.2 Å². The number of sulfonamides is 1. The van der Waals surface area contributed by atoms with Crippen molar-refractivity contribution in [1.29, 1.82) is 0 Å². The number of carbonyl (C=O) groups excluding carboxylic acids is 1. The summed E-state index contributed by atoms with van der Waals surface area (Å²) in [5.41, 5.74) is -0.488. The number of ether oxygens (including phenoxy) is 1. The molecular weight excluding hydrogens is 428 g/mol. The Labute approximate surface area is 171 Å². The maximum atomic E-state index is 14.1. The van der Waals surface area contributed by atoms with E-state index < -0.39 is 39.4 Å². The fourth-order valence-corrected chi connectivity index (χ4v) is 3.20. The zero-order valence-electron chi connectivity index (χ0n) is 16.3. The van der Waals surface area contributed by atoms with Crippen molar-refractivity contribution >= 4 is 21.6 Å². The first-order chi connectivity index (χ1) is 13.8. The molecule has 0 saturated heterocycles. The molecule has 0 aliphatic heterocycles. The van der Waals surface area contributed by atoms with Crippen molar-refractivity contribution in [2.45, 2.75) is 25.6 Å². The number of hydrogen-bond acceptors (Lipinski definition) is 4. The molecule has 0 radical (unpaired) electrons. The van der Waals surface area contributed by atoms with Gasteiger partial charge in [-0.2, -0.15) is 13.2 Å². The molecule has 2 rings (SSSR count). The Balaban J connectivity index is 2.10. The van der Waals surface area contributed by atoms with Crippen LogP contribution in [-0.4, -0.2) is 27.7 Å². The Kier molecular flexibility index (Phi) is 6.96. The van der Waals surface area contributed by atoms with E-state index in [2.05, 4.69) is 5.32 Å². The molecule has 6 nitrogen and oxygen atoms in total. The molecule has 0 heterocycles. The van der Waals surface area contributed by atoms with Gasteiger partial charge in [0.15, 0.2) is 0 Å². The lowest BCUT2D eigenvalue weighted by atomic mass is 9.99. The summed E-state index contributed by atoms with van der Waals surface area (Å²) in [6.45, 7) is 1.42. The van der Waals surface area contributed by atoms with Gasteiger partial charge in [-0.3, -0.25) is 9.52 Å². The number of halogens is 4. The summed E-state index contributed by atoms with van der Waals surface area (Å²) in [6, 6.07) is 6.58. The van der Waals surface area contributed by atoms with Gasteiger partial charge in [-0.05, 0) is 36.8 Å². The van der Waals surface area contributed by atoms with Crippen LogP contribution in [0.15, 0.2) is 36.4 Å². The third-order valence-corrected chi connectivity index (χ3v) is 4.84. The highest BCUT2D eigenvalue weighted by atomic mass is 32.2. The van der Waals surface area contributed by atoms with Crippen molar-refractivity contribution in [2.75, 3.05) is 18.1 Å². The number of methoxy groups -OCH3 is 1. The predicted octanol–water partition coefficient (Wildman–Crippen LogP) is 3.64. The van der Waals surface area contributed by atoms with E-state index in [1.165, 1.54) is 32.2 Å². The lowest BCUT2D eigenvalue weighted by Gasteiger charge is -2.16. The van der Waals surface area contributed by atoms with Gasteiger partial charge < -0.3 is 10.1 Å². The van der Waals surface area contributed by atoms with Gasteiger partial charge in [-0.1, -0.05) is 12.1 Å². The highest BCUT2D eigenvalue weighted by Crippen LogP contribution is 2.33. The number of anilines is 1. The first kappa shape index (κ1) is 23.5. The van der Waals surface area contributed by atoms with Crippen LogP contribution >= 0.6 is 0 Å². The quantitative estimate of drug-likeness (QED) is 0.634. The van der Waals surface area contributed by atoms with Crippen LogP contribution in [0.1, 0.15) is 29.5 Å². The van der Waals surface area contributed by atoms with Gasteiger partial charge in [0.05, 0.1) is 30.5 Å². The van der Waals surface area contributed by atoms with Crippen LogP contribution in [-0.2, 0) is 27.5 Å². The molecule has 0 bridgehead atoms. The van der Waals surface area contributed by atoms with Crippen molar-refractivity contribution in [1.82, 2.24) is 5.32 Å². The van der Waals surface area contributed by atoms with Crippen molar-refractivity contribution in [3.8, 4) is 5.75 Å². The Hall–Kier alpha value is -2.82. The number of benzene rings is 2. The highest BCUT2D eigenvalue weighted by molar-refractivity contribution is 7.92. The molecule has 30 heavy (non-hydrogen) atoms. The SMILES string of the molecule is COc1cc(C(F)(F)F)ccc1CNC(=O)C(C)c1ccc(NS(C)(=O)=O)c(F)c1. The van der Waals surface area contributed by atoms with E-state index in [0.717, 1.165) is 24.5 Å². The van der Waals surface area contributed by atoms with Gasteiger partial charge in [0.2, 0.25) is 15.9 Å². The van der Waals surface area contributed by atoms with Crippen LogP contribution in [0, 0.1) is 5.82 Å². The molecule has 0 aliphatic rings. The second-order valence-corrected chi connectivity index (χ2v) is 8.33. The van der Waals surface area contributed by atoms with E-state index in [-0.39, 0.29) is 18.0 Å². The first-order valence-electron chi connectivity index (χ1n) is 8.61. The van der Waals surface area contributed by atoms with Crippen LogP contribution in [0.2, 0.25) is 0 Å². The van der Waals surface area contributed by atoms with E-state index in [1.54, 1.807) is 0 Å². The van der Waals surface area contributed by atoms with Crippen molar-refractivity contribution in [3.05, 3.63) is 58.9 Å². The smallest absolute Gasteiger partial charge is 0.416 e. The van der Waals surface area contributed by atoms with Gasteiger partial charge in [-0.15, -0.1) is 0 Å². The molecule has 0 fully saturated rings. The Morgan fingerprint density at radius 1 is 1.17 bits per heavy atom. The predicted molar refractivity (Wildman–Crippen MR) is 103 cm³/mol. The minimum Gasteiger partial charge on any atom is -0.496 e. The molecule has 0 aliphatic carbocycles. The standard InChI is InChI=1S/C19H20F4N2O4S/c1-11(12-5-7-16(15(20)8-12)25-30(3,27)28)18(26)24-10-13-4-6-14(19(21,22)23)9-17(13)29-2/h4-9,11,25H,10H2,1-3H3,(H,24,26). The number of nitrogens with one attached hydrogen (secondary N) is 2. The summed E-state index contributed by atoms with van der Waals surface area (Å²) in [5.74, 6) is -2.17. The van der Waals surface area contributed by atoms with Crippen LogP contribution in [0.5, 0.6) is 5.75 Å². The normalized spacial score (nSPS) is 12.9. The molecule has 2 aromatic carbocycles. The second kappa shape index (κ2) is 8.90. The fraction of sp³-hybridized carbons (Fsp3) is 0.316. The first-order valence-corrected chi connectivity index (χ1v) is 10.5. The molecular formula is C19H20F4N2O4S. The summed E-state index contributed by atoms with van der Waals surface area (Å²) in [6.07, 6.45) is -3.64. The van der Waals surface area contributed by atoms with Crippen molar-refractivity contribution in [3.63, 3.8) is 0 Å². The summed E-state index contributed by atoms with van der Waals surface area (Å²) < 4.78 is 81.9. The molecule has 1 atom stereocenters. The van der Waals surface area contributed by atoms with Crippen molar-refractivity contribution < 1.29 is 35.5 Å². The monoisotopic (exact) mass is 448 g/mol. The number of hydrogen-bond donors (Lipinski definition) is 2. The van der Waals surface area contributed by atoms with Crippen LogP contribution in [0.25, 0.3) is 0 Å². The molecule has 2 N–H and O–H groups in total. The minimum absolute atomic E-state index is 0.0278. The zero-order chi connectivity index (χ0) is 22.7. The van der Waals surface area contributed by atoms with E-state index >= 15 is 0 Å². The lowest BCUT2D eigenvalue weighted by Crippen LogP contribution is -2.28. The molecule has 1 amide bonds. The van der Waals surface area contributed by atoms with Gasteiger partial charge >= 0.3 is 6.18 Å². The average molecular weight is 448 g/mol. The Morgan fingerprint density at radius 2 is 1.83 bits per heavy atom. The molecule has 2 aromatic rings. The van der Waals surface area contributed by atoms with Crippen LogP contribution < -0.4 is 14.8 Å². The molecule has 164 valence electrons. The Bertz CT molecular complexity index is 1040. The second-order valence-electron chi connectivity index (χ2n) is 6.58. The average Bonchev–Trinajstić information content (AvgIpc) is 2.65. The minimum atomic E-state index is -4.52. The van der Waals surface area contributed by atoms with E-state index in [1.807, 2.05) is 4.72 Å². The topological polar surface area (TPSA) is 84.5 Å². The van der Waals surface area contributed by atoms with Gasteiger partial charge in [0.25, 0.3) is 0 Å². The maximum absolute atomic E-state index is 14.1. The highest BCUT2D eigenvalue weighted by Gasteiger charge is 2.31. The number of rotatable bonds is 7. The van der Waals surface area contributed by atoms with E-state index in [9.17, 15) is 30.8 Å². The van der Waals surface area contributed by atoms with Gasteiger partial charge in [0.1, 0.15) is 11.6 Å². The number of alkyl halides is 3. The van der Waals surface area contributed by atoms with Crippen LogP contribution in [0.3, 0.4) is 0 Å². The molecule has 0 spiro atoms. The number of carbonyl (C=O) groups is 1. The Morgan fingerprint density at radius 3 is 2.37 bits per heavy atom. The molecule has 0 aromatic heterocycles. The van der Waals surface area contributed by atoms with E-state index in [4.69, 9.17) is 4.74 Å². The summed E-state index contributed by atoms with van der Waals surface area (Å²) in [7, 11) is -2.44. The van der Waals surface area contributed by atoms with Gasteiger partial charge in [-0.25, -0.2) is 12.8 Å².